The first-order valence-corrected chi connectivity index (χ1v) is 6.61. The molecule has 1 amide bonds. The maximum Gasteiger partial charge on any atom is 0.242 e. The van der Waals surface area contributed by atoms with Gasteiger partial charge in [0.15, 0.2) is 0 Å². The quantitative estimate of drug-likeness (QED) is 0.399. The lowest BCUT2D eigenvalue weighted by Gasteiger charge is -2.17. The maximum atomic E-state index is 11.7. The van der Waals surface area contributed by atoms with Gasteiger partial charge in [0.25, 0.3) is 0 Å². The van der Waals surface area contributed by atoms with Crippen molar-refractivity contribution in [2.75, 3.05) is 12.3 Å². The summed E-state index contributed by atoms with van der Waals surface area (Å²) in [4.78, 5) is 11.7. The number of hydrogen-bond donors (Lipinski definition) is 3. The molecule has 0 radical (unpaired) electrons. The standard InChI is InChI=1S/C12H19N3OS/c1-9(7-13)17-8-11(12(16)15-14)10-5-3-2-4-6-10/h2-6,9,11H,7-8,13-14H2,1H3,(H,15,16). The van der Waals surface area contributed by atoms with Gasteiger partial charge >= 0.3 is 0 Å². The molecule has 0 fully saturated rings. The third kappa shape index (κ3) is 4.38. The molecule has 94 valence electrons. The molecule has 0 saturated heterocycles. The third-order valence-corrected chi connectivity index (χ3v) is 3.83. The van der Waals surface area contributed by atoms with Crippen molar-refractivity contribution in [1.82, 2.24) is 5.43 Å². The lowest BCUT2D eigenvalue weighted by Crippen LogP contribution is -2.36. The monoisotopic (exact) mass is 253 g/mol. The number of carbonyl (C=O) groups excluding carboxylic acids is 1. The fourth-order valence-corrected chi connectivity index (χ4v) is 2.44. The van der Waals surface area contributed by atoms with E-state index in [0.29, 0.717) is 17.5 Å². The Hall–Kier alpha value is -1.04. The summed E-state index contributed by atoms with van der Waals surface area (Å²) < 4.78 is 0. The average molecular weight is 253 g/mol. The largest absolute Gasteiger partial charge is 0.329 e. The van der Waals surface area contributed by atoms with Crippen molar-refractivity contribution in [3.63, 3.8) is 0 Å². The Balaban J connectivity index is 2.71. The summed E-state index contributed by atoms with van der Waals surface area (Å²) in [6, 6.07) is 9.64. The SMILES string of the molecule is CC(CN)SCC(C(=O)NN)c1ccccc1. The minimum Gasteiger partial charge on any atom is -0.329 e. The van der Waals surface area contributed by atoms with E-state index in [1.807, 2.05) is 37.3 Å². The van der Waals surface area contributed by atoms with E-state index in [2.05, 4.69) is 5.43 Å². The highest BCUT2D eigenvalue weighted by Gasteiger charge is 2.20. The molecular weight excluding hydrogens is 234 g/mol. The van der Waals surface area contributed by atoms with Crippen LogP contribution < -0.4 is 17.0 Å². The number of benzene rings is 1. The molecular formula is C12H19N3OS. The van der Waals surface area contributed by atoms with Crippen LogP contribution in [-0.4, -0.2) is 23.5 Å². The lowest BCUT2D eigenvalue weighted by atomic mass is 10.0. The van der Waals surface area contributed by atoms with E-state index in [4.69, 9.17) is 11.6 Å². The van der Waals surface area contributed by atoms with Crippen LogP contribution in [0.3, 0.4) is 0 Å². The molecule has 0 bridgehead atoms. The van der Waals surface area contributed by atoms with Gasteiger partial charge in [0.1, 0.15) is 0 Å². The Morgan fingerprint density at radius 1 is 1.41 bits per heavy atom. The summed E-state index contributed by atoms with van der Waals surface area (Å²) in [5.74, 6) is 5.52. The van der Waals surface area contributed by atoms with Crippen LogP contribution in [-0.2, 0) is 4.79 Å². The Labute approximate surface area is 106 Å². The number of carbonyl (C=O) groups is 1. The molecule has 1 aromatic rings. The molecule has 0 aromatic heterocycles. The van der Waals surface area contributed by atoms with Crippen LogP contribution in [0, 0.1) is 0 Å². The Morgan fingerprint density at radius 2 is 2.06 bits per heavy atom. The van der Waals surface area contributed by atoms with Gasteiger partial charge in [-0.1, -0.05) is 37.3 Å². The first-order chi connectivity index (χ1) is 8.19. The summed E-state index contributed by atoms with van der Waals surface area (Å²) in [5, 5.41) is 0.340. The van der Waals surface area contributed by atoms with Crippen LogP contribution in [0.25, 0.3) is 0 Å². The first kappa shape index (κ1) is 14.0. The van der Waals surface area contributed by atoms with Crippen LogP contribution >= 0.6 is 11.8 Å². The fraction of sp³-hybridized carbons (Fsp3) is 0.417. The van der Waals surface area contributed by atoms with Gasteiger partial charge in [-0.2, -0.15) is 11.8 Å². The van der Waals surface area contributed by atoms with Gasteiger partial charge in [-0.3, -0.25) is 10.2 Å². The molecule has 0 aliphatic carbocycles. The van der Waals surface area contributed by atoms with Gasteiger partial charge in [0.2, 0.25) is 5.91 Å². The predicted octanol–water partition coefficient (Wildman–Crippen LogP) is 0.841. The van der Waals surface area contributed by atoms with Crippen LogP contribution in [0.4, 0.5) is 0 Å². The van der Waals surface area contributed by atoms with Crippen LogP contribution in [0.1, 0.15) is 18.4 Å². The summed E-state index contributed by atoms with van der Waals surface area (Å²) in [5.41, 5.74) is 8.76. The Bertz CT molecular complexity index is 345. The number of hydrogen-bond acceptors (Lipinski definition) is 4. The Kier molecular flexibility index (Phi) is 6.04. The summed E-state index contributed by atoms with van der Waals surface area (Å²) in [7, 11) is 0. The number of thioether (sulfide) groups is 1. The highest BCUT2D eigenvalue weighted by atomic mass is 32.2. The van der Waals surface area contributed by atoms with E-state index in [0.717, 1.165) is 5.56 Å². The van der Waals surface area contributed by atoms with Gasteiger partial charge in [0.05, 0.1) is 5.92 Å². The molecule has 0 saturated carbocycles. The van der Waals surface area contributed by atoms with Crippen molar-refractivity contribution in [2.45, 2.75) is 18.1 Å². The van der Waals surface area contributed by atoms with E-state index >= 15 is 0 Å². The molecule has 0 aliphatic rings. The zero-order valence-corrected chi connectivity index (χ0v) is 10.7. The number of nitrogens with one attached hydrogen (secondary N) is 1. The molecule has 1 aromatic carbocycles. The predicted molar refractivity (Wildman–Crippen MR) is 72.5 cm³/mol. The minimum absolute atomic E-state index is 0.159. The Morgan fingerprint density at radius 3 is 2.59 bits per heavy atom. The smallest absolute Gasteiger partial charge is 0.242 e. The molecule has 5 heteroatoms. The third-order valence-electron chi connectivity index (χ3n) is 2.54. The summed E-state index contributed by atoms with van der Waals surface area (Å²) in [6.45, 7) is 2.66. The topological polar surface area (TPSA) is 81.1 Å². The molecule has 5 N–H and O–H groups in total. The van der Waals surface area contributed by atoms with Gasteiger partial charge in [0, 0.05) is 17.5 Å². The van der Waals surface area contributed by atoms with Crippen LogP contribution in [0.5, 0.6) is 0 Å². The first-order valence-electron chi connectivity index (χ1n) is 5.56. The molecule has 0 aliphatic heterocycles. The van der Waals surface area contributed by atoms with Gasteiger partial charge in [-0.05, 0) is 5.56 Å². The normalized spacial score (nSPS) is 14.1. The molecule has 0 spiro atoms. The number of nitrogens with two attached hydrogens (primary N) is 2. The van der Waals surface area contributed by atoms with E-state index in [9.17, 15) is 4.79 Å². The van der Waals surface area contributed by atoms with E-state index in [1.165, 1.54) is 0 Å². The van der Waals surface area contributed by atoms with E-state index in [-0.39, 0.29) is 11.8 Å². The molecule has 2 atom stereocenters. The molecule has 2 unspecified atom stereocenters. The molecule has 4 nitrogen and oxygen atoms in total. The van der Waals surface area contributed by atoms with Gasteiger partial charge in [-0.25, -0.2) is 5.84 Å². The zero-order valence-electron chi connectivity index (χ0n) is 9.93. The fourth-order valence-electron chi connectivity index (χ4n) is 1.44. The second kappa shape index (κ2) is 7.32. The second-order valence-electron chi connectivity index (χ2n) is 3.85. The second-order valence-corrected chi connectivity index (χ2v) is 5.32. The number of amides is 1. The van der Waals surface area contributed by atoms with Crippen LogP contribution in [0.2, 0.25) is 0 Å². The van der Waals surface area contributed by atoms with E-state index in [1.54, 1.807) is 11.8 Å². The summed E-state index contributed by atoms with van der Waals surface area (Å²) >= 11 is 1.68. The van der Waals surface area contributed by atoms with E-state index < -0.39 is 0 Å². The van der Waals surface area contributed by atoms with Crippen molar-refractivity contribution in [3.8, 4) is 0 Å². The zero-order chi connectivity index (χ0) is 12.7. The maximum absolute atomic E-state index is 11.7. The molecule has 17 heavy (non-hydrogen) atoms. The van der Waals surface area contributed by atoms with Crippen LogP contribution in [0.15, 0.2) is 30.3 Å². The highest BCUT2D eigenvalue weighted by molar-refractivity contribution is 7.99. The number of rotatable bonds is 6. The van der Waals surface area contributed by atoms with Crippen molar-refractivity contribution in [1.29, 1.82) is 0 Å². The molecule has 0 heterocycles. The van der Waals surface area contributed by atoms with Gasteiger partial charge < -0.3 is 5.73 Å². The summed E-state index contributed by atoms with van der Waals surface area (Å²) in [6.07, 6.45) is 0. The van der Waals surface area contributed by atoms with Crippen molar-refractivity contribution in [3.05, 3.63) is 35.9 Å². The van der Waals surface area contributed by atoms with Crippen molar-refractivity contribution < 1.29 is 4.79 Å². The van der Waals surface area contributed by atoms with Crippen molar-refractivity contribution in [2.24, 2.45) is 11.6 Å². The highest BCUT2D eigenvalue weighted by Crippen LogP contribution is 2.23. The minimum atomic E-state index is -0.222. The van der Waals surface area contributed by atoms with Crippen molar-refractivity contribution >= 4 is 17.7 Å². The van der Waals surface area contributed by atoms with Gasteiger partial charge in [-0.15, -0.1) is 0 Å². The number of hydrazine groups is 1. The lowest BCUT2D eigenvalue weighted by molar-refractivity contribution is -0.122. The average Bonchev–Trinajstić information content (AvgIpc) is 2.39. The molecule has 1 rings (SSSR count).